The normalized spacial score (nSPS) is 12.0. The van der Waals surface area contributed by atoms with Crippen molar-refractivity contribution in [1.82, 2.24) is 0 Å². The molecular formula is C18H9BrO2. The van der Waals surface area contributed by atoms with Gasteiger partial charge in [-0.25, -0.2) is 0 Å². The fourth-order valence-corrected chi connectivity index (χ4v) is 3.43. The number of benzene rings is 3. The highest BCUT2D eigenvalue weighted by Gasteiger charge is 2.13. The zero-order valence-corrected chi connectivity index (χ0v) is 12.5. The first-order chi connectivity index (χ1) is 10.3. The van der Waals surface area contributed by atoms with Gasteiger partial charge in [-0.2, -0.15) is 0 Å². The minimum absolute atomic E-state index is 0.850. The van der Waals surface area contributed by atoms with E-state index in [9.17, 15) is 0 Å². The Morgan fingerprint density at radius 3 is 2.33 bits per heavy atom. The second kappa shape index (κ2) is 3.89. The van der Waals surface area contributed by atoms with Crippen LogP contribution >= 0.6 is 15.9 Å². The smallest absolute Gasteiger partial charge is 0.149 e. The number of para-hydroxylation sites is 2. The van der Waals surface area contributed by atoms with E-state index >= 15 is 0 Å². The highest BCUT2D eigenvalue weighted by molar-refractivity contribution is 9.10. The van der Waals surface area contributed by atoms with E-state index in [0.717, 1.165) is 48.3 Å². The van der Waals surface area contributed by atoms with Crippen LogP contribution in [0.1, 0.15) is 0 Å². The minimum Gasteiger partial charge on any atom is -0.456 e. The van der Waals surface area contributed by atoms with Crippen LogP contribution in [0.3, 0.4) is 0 Å². The predicted molar refractivity (Wildman–Crippen MR) is 88.7 cm³/mol. The summed E-state index contributed by atoms with van der Waals surface area (Å²) in [4.78, 5) is 0. The average Bonchev–Trinajstić information content (AvgIpc) is 3.04. The lowest BCUT2D eigenvalue weighted by Gasteiger charge is -1.91. The first-order valence-electron chi connectivity index (χ1n) is 6.73. The van der Waals surface area contributed by atoms with E-state index in [1.165, 1.54) is 0 Å². The molecule has 0 amide bonds. The van der Waals surface area contributed by atoms with Crippen LogP contribution in [0.2, 0.25) is 0 Å². The van der Waals surface area contributed by atoms with Crippen LogP contribution in [0.4, 0.5) is 0 Å². The summed E-state index contributed by atoms with van der Waals surface area (Å²) < 4.78 is 12.9. The zero-order chi connectivity index (χ0) is 14.0. The van der Waals surface area contributed by atoms with Gasteiger partial charge in [-0.1, -0.05) is 30.3 Å². The largest absolute Gasteiger partial charge is 0.456 e. The summed E-state index contributed by atoms with van der Waals surface area (Å²) in [6, 6.07) is 18.3. The number of hydrogen-bond donors (Lipinski definition) is 0. The van der Waals surface area contributed by atoms with Gasteiger partial charge in [0.1, 0.15) is 22.3 Å². The van der Waals surface area contributed by atoms with E-state index in [2.05, 4.69) is 34.1 Å². The van der Waals surface area contributed by atoms with E-state index in [4.69, 9.17) is 8.83 Å². The number of halogens is 1. The second-order valence-electron chi connectivity index (χ2n) is 5.16. The van der Waals surface area contributed by atoms with Crippen LogP contribution in [0.5, 0.6) is 0 Å². The molecule has 21 heavy (non-hydrogen) atoms. The summed E-state index contributed by atoms with van der Waals surface area (Å²) in [7, 11) is 0. The predicted octanol–water partition coefficient (Wildman–Crippen LogP) is 6.25. The van der Waals surface area contributed by atoms with E-state index < -0.39 is 0 Å². The first kappa shape index (κ1) is 11.4. The van der Waals surface area contributed by atoms with E-state index in [1.807, 2.05) is 36.4 Å². The highest BCUT2D eigenvalue weighted by Crippen LogP contribution is 2.38. The molecule has 0 saturated carbocycles. The van der Waals surface area contributed by atoms with Crippen LogP contribution in [-0.2, 0) is 0 Å². The van der Waals surface area contributed by atoms with Crippen LogP contribution in [0, 0.1) is 0 Å². The lowest BCUT2D eigenvalue weighted by atomic mass is 10.1. The van der Waals surface area contributed by atoms with E-state index in [0.29, 0.717) is 0 Å². The third kappa shape index (κ3) is 1.47. The summed E-state index contributed by atoms with van der Waals surface area (Å²) >= 11 is 3.54. The Morgan fingerprint density at radius 1 is 0.619 bits per heavy atom. The molecule has 3 aromatic carbocycles. The van der Waals surface area contributed by atoms with Crippen molar-refractivity contribution in [2.45, 2.75) is 0 Å². The van der Waals surface area contributed by atoms with Gasteiger partial charge in [0, 0.05) is 27.6 Å². The standard InChI is InChI=1S/C18H9BrO2/c19-14-6-3-5-11-13-8-12-10-4-1-2-7-15(10)20-16(12)9-17(13)21-18(11)14/h1-9H. The van der Waals surface area contributed by atoms with E-state index in [1.54, 1.807) is 0 Å². The third-order valence-corrected chi connectivity index (χ3v) is 4.57. The van der Waals surface area contributed by atoms with Gasteiger partial charge in [0.2, 0.25) is 0 Å². The quantitative estimate of drug-likeness (QED) is 0.334. The molecule has 0 spiro atoms. The van der Waals surface area contributed by atoms with Crippen molar-refractivity contribution in [1.29, 1.82) is 0 Å². The summed E-state index contributed by atoms with van der Waals surface area (Å²) in [5.74, 6) is 0. The van der Waals surface area contributed by atoms with Crippen LogP contribution < -0.4 is 0 Å². The Bertz CT molecular complexity index is 1150. The van der Waals surface area contributed by atoms with Gasteiger partial charge in [-0.15, -0.1) is 0 Å². The molecule has 5 aromatic rings. The maximum Gasteiger partial charge on any atom is 0.149 e. The molecule has 3 heteroatoms. The molecule has 0 N–H and O–H groups in total. The Labute approximate surface area is 128 Å². The zero-order valence-electron chi connectivity index (χ0n) is 10.9. The fraction of sp³-hybridized carbons (Fsp3) is 0. The van der Waals surface area contributed by atoms with Crippen molar-refractivity contribution in [3.05, 3.63) is 59.1 Å². The number of hydrogen-bond acceptors (Lipinski definition) is 2. The maximum absolute atomic E-state index is 5.98. The van der Waals surface area contributed by atoms with Gasteiger partial charge < -0.3 is 8.83 Å². The van der Waals surface area contributed by atoms with Crippen LogP contribution in [0.15, 0.2) is 67.9 Å². The Morgan fingerprint density at radius 2 is 1.38 bits per heavy atom. The van der Waals surface area contributed by atoms with Crippen molar-refractivity contribution in [2.75, 3.05) is 0 Å². The SMILES string of the molecule is Brc1cccc2c1oc1cc3oc4ccccc4c3cc12. The van der Waals surface area contributed by atoms with E-state index in [-0.39, 0.29) is 0 Å². The lowest BCUT2D eigenvalue weighted by molar-refractivity contribution is 0.655. The molecule has 5 rings (SSSR count). The minimum atomic E-state index is 0.850. The molecule has 0 atom stereocenters. The molecule has 0 unspecified atom stereocenters. The molecule has 2 nitrogen and oxygen atoms in total. The molecule has 0 saturated heterocycles. The van der Waals surface area contributed by atoms with Gasteiger partial charge in [0.25, 0.3) is 0 Å². The first-order valence-corrected chi connectivity index (χ1v) is 7.52. The summed E-state index contributed by atoms with van der Waals surface area (Å²) in [6.07, 6.45) is 0. The van der Waals surface area contributed by atoms with Crippen molar-refractivity contribution in [3.63, 3.8) is 0 Å². The molecular weight excluding hydrogens is 328 g/mol. The molecule has 0 bridgehead atoms. The Balaban J connectivity index is 2.04. The number of fused-ring (bicyclic) bond motifs is 6. The molecule has 0 aliphatic rings. The summed E-state index contributed by atoms with van der Waals surface area (Å²) in [5.41, 5.74) is 3.50. The molecule has 100 valence electrons. The van der Waals surface area contributed by atoms with Crippen LogP contribution in [-0.4, -0.2) is 0 Å². The molecule has 0 aliphatic carbocycles. The monoisotopic (exact) mass is 336 g/mol. The Hall–Kier alpha value is -2.26. The fourth-order valence-electron chi connectivity index (χ4n) is 2.98. The summed E-state index contributed by atoms with van der Waals surface area (Å²) in [5, 5.41) is 4.50. The third-order valence-electron chi connectivity index (χ3n) is 3.95. The maximum atomic E-state index is 5.98. The van der Waals surface area contributed by atoms with Gasteiger partial charge >= 0.3 is 0 Å². The molecule has 2 heterocycles. The van der Waals surface area contributed by atoms with Gasteiger partial charge in [-0.3, -0.25) is 0 Å². The van der Waals surface area contributed by atoms with Gasteiger partial charge in [0.05, 0.1) is 4.47 Å². The second-order valence-corrected chi connectivity index (χ2v) is 6.02. The van der Waals surface area contributed by atoms with Gasteiger partial charge in [-0.05, 0) is 34.1 Å². The van der Waals surface area contributed by atoms with Crippen LogP contribution in [0.25, 0.3) is 43.9 Å². The molecule has 2 aromatic heterocycles. The van der Waals surface area contributed by atoms with Crippen molar-refractivity contribution in [3.8, 4) is 0 Å². The molecule has 0 radical (unpaired) electrons. The number of furan rings is 2. The molecule has 0 aliphatic heterocycles. The topological polar surface area (TPSA) is 26.3 Å². The lowest BCUT2D eigenvalue weighted by Crippen LogP contribution is -1.69. The van der Waals surface area contributed by atoms with Crippen molar-refractivity contribution < 1.29 is 8.83 Å². The highest BCUT2D eigenvalue weighted by atomic mass is 79.9. The molecule has 0 fully saturated rings. The van der Waals surface area contributed by atoms with Crippen molar-refractivity contribution >= 4 is 59.8 Å². The average molecular weight is 337 g/mol. The Kier molecular flexibility index (Phi) is 2.11. The van der Waals surface area contributed by atoms with Crippen molar-refractivity contribution in [2.24, 2.45) is 0 Å². The number of rotatable bonds is 0. The summed E-state index contributed by atoms with van der Waals surface area (Å²) in [6.45, 7) is 0. The van der Waals surface area contributed by atoms with Gasteiger partial charge in [0.15, 0.2) is 0 Å².